The third kappa shape index (κ3) is 3.43. The molecule has 4 aromatic rings. The molecule has 0 radical (unpaired) electrons. The minimum absolute atomic E-state index is 0.216. The number of imidazole rings is 1. The summed E-state index contributed by atoms with van der Waals surface area (Å²) in [5, 5.41) is 3.57. The van der Waals surface area contributed by atoms with E-state index in [9.17, 15) is 9.59 Å². The van der Waals surface area contributed by atoms with E-state index >= 15 is 0 Å². The minimum atomic E-state index is -0.247. The highest BCUT2D eigenvalue weighted by Gasteiger charge is 2.23. The fourth-order valence-corrected chi connectivity index (χ4v) is 4.69. The number of nitrogens with one attached hydrogen (secondary N) is 3. The molecule has 1 aromatic carbocycles. The van der Waals surface area contributed by atoms with E-state index in [4.69, 9.17) is 0 Å². The van der Waals surface area contributed by atoms with Crippen LogP contribution >= 0.6 is 23.1 Å². The number of carbonyl (C=O) groups is 1. The average Bonchev–Trinajstić information content (AvgIpc) is 3.27. The molecule has 4 rings (SSSR count). The van der Waals surface area contributed by atoms with Crippen LogP contribution in [0.1, 0.15) is 33.5 Å². The van der Waals surface area contributed by atoms with Crippen molar-refractivity contribution in [3.05, 3.63) is 57.2 Å². The maximum atomic E-state index is 13.0. The molecule has 9 heteroatoms. The number of amides is 1. The number of aryl methyl sites for hydroxylation is 1. The van der Waals surface area contributed by atoms with Crippen molar-refractivity contribution in [2.45, 2.75) is 19.4 Å². The van der Waals surface area contributed by atoms with Crippen LogP contribution in [0.4, 0.5) is 0 Å². The number of H-pyrrole nitrogens is 2. The number of para-hydroxylation sites is 2. The lowest BCUT2D eigenvalue weighted by Gasteiger charge is -2.16. The zero-order valence-corrected chi connectivity index (χ0v) is 17.0. The first kappa shape index (κ1) is 18.7. The lowest BCUT2D eigenvalue weighted by Crippen LogP contribution is -2.29. The number of hydrogen-bond donors (Lipinski definition) is 3. The van der Waals surface area contributed by atoms with Crippen molar-refractivity contribution >= 4 is 50.3 Å². The van der Waals surface area contributed by atoms with Crippen LogP contribution in [0.2, 0.25) is 0 Å². The lowest BCUT2D eigenvalue weighted by molar-refractivity contribution is 0.0938. The number of aromatic amines is 2. The monoisotopic (exact) mass is 413 g/mol. The maximum Gasteiger partial charge on any atom is 0.262 e. The van der Waals surface area contributed by atoms with Crippen molar-refractivity contribution in [2.24, 2.45) is 0 Å². The summed E-state index contributed by atoms with van der Waals surface area (Å²) in [6.45, 7) is 1.78. The van der Waals surface area contributed by atoms with E-state index in [2.05, 4.69) is 25.3 Å². The lowest BCUT2D eigenvalue weighted by atomic mass is 10.1. The van der Waals surface area contributed by atoms with E-state index in [0.29, 0.717) is 20.7 Å². The molecule has 0 bridgehead atoms. The van der Waals surface area contributed by atoms with Crippen molar-refractivity contribution in [1.29, 1.82) is 0 Å². The average molecular weight is 414 g/mol. The Bertz CT molecular complexity index is 1180. The Hall–Kier alpha value is -2.65. The molecule has 3 heterocycles. The van der Waals surface area contributed by atoms with Gasteiger partial charge in [-0.05, 0) is 43.0 Å². The molecule has 3 aromatic heterocycles. The Balaban J connectivity index is 1.67. The predicted octanol–water partition coefficient (Wildman–Crippen LogP) is 3.39. The van der Waals surface area contributed by atoms with Gasteiger partial charge in [-0.2, -0.15) is 11.8 Å². The molecule has 0 aliphatic rings. The van der Waals surface area contributed by atoms with Crippen LogP contribution in [0.5, 0.6) is 0 Å². The smallest absolute Gasteiger partial charge is 0.262 e. The summed E-state index contributed by atoms with van der Waals surface area (Å²) in [5.74, 6) is 1.40. The Morgan fingerprint density at radius 3 is 2.93 bits per heavy atom. The standard InChI is InChI=1S/C19H19N5O2S2/c1-10-14-17(25)20-9-21-19(14)28-15(10)18(26)24-13(7-8-27-2)16-22-11-5-3-4-6-12(11)23-16/h3-6,9,13H,7-8H2,1-2H3,(H,22,23)(H,24,26)(H,20,21,25)/t13-/m1/s1. The molecular formula is C19H19N5O2S2. The predicted molar refractivity (Wildman–Crippen MR) is 114 cm³/mol. The highest BCUT2D eigenvalue weighted by molar-refractivity contribution is 7.98. The second-order valence-electron chi connectivity index (χ2n) is 6.41. The van der Waals surface area contributed by atoms with E-state index in [1.165, 1.54) is 17.7 Å². The van der Waals surface area contributed by atoms with Gasteiger partial charge in [0.05, 0.1) is 33.7 Å². The van der Waals surface area contributed by atoms with E-state index < -0.39 is 0 Å². The molecule has 28 heavy (non-hydrogen) atoms. The largest absolute Gasteiger partial charge is 0.341 e. The van der Waals surface area contributed by atoms with Crippen LogP contribution in [-0.2, 0) is 0 Å². The normalized spacial score (nSPS) is 12.5. The van der Waals surface area contributed by atoms with E-state index in [-0.39, 0.29) is 17.5 Å². The van der Waals surface area contributed by atoms with Gasteiger partial charge >= 0.3 is 0 Å². The quantitative estimate of drug-likeness (QED) is 0.449. The van der Waals surface area contributed by atoms with Crippen molar-refractivity contribution in [3.63, 3.8) is 0 Å². The molecule has 1 atom stereocenters. The van der Waals surface area contributed by atoms with Crippen molar-refractivity contribution in [3.8, 4) is 0 Å². The van der Waals surface area contributed by atoms with E-state index in [0.717, 1.165) is 29.0 Å². The molecule has 7 nitrogen and oxygen atoms in total. The Morgan fingerprint density at radius 2 is 2.18 bits per heavy atom. The van der Waals surface area contributed by atoms with Gasteiger partial charge < -0.3 is 15.3 Å². The number of fused-ring (bicyclic) bond motifs is 2. The van der Waals surface area contributed by atoms with Crippen LogP contribution in [0.25, 0.3) is 21.3 Å². The van der Waals surface area contributed by atoms with Gasteiger partial charge in [0.25, 0.3) is 11.5 Å². The second kappa shape index (κ2) is 7.76. The summed E-state index contributed by atoms with van der Waals surface area (Å²) >= 11 is 2.95. The highest BCUT2D eigenvalue weighted by atomic mass is 32.2. The fraction of sp³-hybridized carbons (Fsp3) is 0.263. The van der Waals surface area contributed by atoms with E-state index in [1.807, 2.05) is 30.5 Å². The molecule has 0 spiro atoms. The van der Waals surface area contributed by atoms with Gasteiger partial charge in [-0.15, -0.1) is 11.3 Å². The molecule has 3 N–H and O–H groups in total. The second-order valence-corrected chi connectivity index (χ2v) is 8.40. The number of benzene rings is 1. The SMILES string of the molecule is CSCC[C@@H](NC(=O)c1sc2nc[nH]c(=O)c2c1C)c1nc2ccccc2[nH]1. The number of rotatable bonds is 6. The van der Waals surface area contributed by atoms with E-state index in [1.54, 1.807) is 18.7 Å². The summed E-state index contributed by atoms with van der Waals surface area (Å²) in [4.78, 5) is 40.9. The van der Waals surface area contributed by atoms with Gasteiger partial charge in [0.2, 0.25) is 0 Å². The number of thioether (sulfide) groups is 1. The van der Waals surface area contributed by atoms with Gasteiger partial charge in [0, 0.05) is 0 Å². The molecule has 0 fully saturated rings. The van der Waals surface area contributed by atoms with Crippen molar-refractivity contribution in [2.75, 3.05) is 12.0 Å². The summed E-state index contributed by atoms with van der Waals surface area (Å²) in [6, 6.07) is 7.55. The fourth-order valence-electron chi connectivity index (χ4n) is 3.17. The number of carbonyl (C=O) groups excluding carboxylic acids is 1. The number of nitrogens with zero attached hydrogens (tertiary/aromatic N) is 2. The summed E-state index contributed by atoms with van der Waals surface area (Å²) < 4.78 is 0. The summed E-state index contributed by atoms with van der Waals surface area (Å²) in [6.07, 6.45) is 4.14. The summed E-state index contributed by atoms with van der Waals surface area (Å²) in [5.41, 5.74) is 2.23. The van der Waals surface area contributed by atoms with Crippen LogP contribution in [0.3, 0.4) is 0 Å². The molecule has 0 saturated carbocycles. The number of hydrogen-bond acceptors (Lipinski definition) is 6. The summed E-state index contributed by atoms with van der Waals surface area (Å²) in [7, 11) is 0. The first-order valence-electron chi connectivity index (χ1n) is 8.79. The number of aromatic nitrogens is 4. The molecule has 0 saturated heterocycles. The zero-order valence-electron chi connectivity index (χ0n) is 15.4. The number of thiophene rings is 1. The highest BCUT2D eigenvalue weighted by Crippen LogP contribution is 2.28. The molecule has 1 amide bonds. The van der Waals surface area contributed by atoms with Gasteiger partial charge in [-0.25, -0.2) is 9.97 Å². The van der Waals surface area contributed by atoms with Crippen LogP contribution in [-0.4, -0.2) is 37.9 Å². The third-order valence-corrected chi connectivity index (χ3v) is 6.44. The molecule has 0 aliphatic heterocycles. The topological polar surface area (TPSA) is 104 Å². The maximum absolute atomic E-state index is 13.0. The van der Waals surface area contributed by atoms with Crippen LogP contribution in [0.15, 0.2) is 35.4 Å². The molecule has 144 valence electrons. The minimum Gasteiger partial charge on any atom is -0.341 e. The Labute approximate surface area is 169 Å². The van der Waals surface area contributed by atoms with Crippen LogP contribution in [0, 0.1) is 6.92 Å². The first-order chi connectivity index (χ1) is 13.6. The van der Waals surface area contributed by atoms with Gasteiger partial charge in [-0.3, -0.25) is 9.59 Å². The van der Waals surface area contributed by atoms with Gasteiger partial charge in [0.15, 0.2) is 0 Å². The Kier molecular flexibility index (Phi) is 5.19. The molecule has 0 aliphatic carbocycles. The van der Waals surface area contributed by atoms with Crippen molar-refractivity contribution < 1.29 is 4.79 Å². The van der Waals surface area contributed by atoms with Gasteiger partial charge in [-0.1, -0.05) is 12.1 Å². The van der Waals surface area contributed by atoms with Crippen LogP contribution < -0.4 is 10.9 Å². The first-order valence-corrected chi connectivity index (χ1v) is 11.0. The molecule has 0 unspecified atom stereocenters. The van der Waals surface area contributed by atoms with Crippen molar-refractivity contribution in [1.82, 2.24) is 25.3 Å². The Morgan fingerprint density at radius 1 is 1.36 bits per heavy atom. The zero-order chi connectivity index (χ0) is 19.7. The van der Waals surface area contributed by atoms with Gasteiger partial charge in [0.1, 0.15) is 10.7 Å². The molecular weight excluding hydrogens is 394 g/mol. The third-order valence-electron chi connectivity index (χ3n) is 4.59.